The molecular formula is C14H29IO3Si. The van der Waals surface area contributed by atoms with Gasteiger partial charge in [-0.15, -0.1) is 0 Å². The first-order chi connectivity index (χ1) is 8.65. The fourth-order valence-electron chi connectivity index (χ4n) is 2.32. The van der Waals surface area contributed by atoms with Crippen molar-refractivity contribution in [2.75, 3.05) is 11.5 Å². The van der Waals surface area contributed by atoms with Crippen molar-refractivity contribution in [3.63, 3.8) is 0 Å². The molecule has 19 heavy (non-hydrogen) atoms. The molecular weight excluding hydrogens is 371 g/mol. The number of alkyl halides is 1. The summed E-state index contributed by atoms with van der Waals surface area (Å²) >= 11 is 2.37. The molecule has 1 saturated heterocycles. The summed E-state index contributed by atoms with van der Waals surface area (Å²) < 4.78 is 18.7. The molecule has 0 spiro atoms. The first-order valence-corrected chi connectivity index (χ1v) is 11.5. The van der Waals surface area contributed by atoms with E-state index in [1.54, 1.807) is 7.11 Å². The van der Waals surface area contributed by atoms with Crippen molar-refractivity contribution < 1.29 is 13.9 Å². The lowest BCUT2D eigenvalue weighted by molar-refractivity contribution is -0.110. The van der Waals surface area contributed by atoms with Crippen LogP contribution in [0, 0.1) is 5.92 Å². The summed E-state index contributed by atoms with van der Waals surface area (Å²) in [5.41, 5.74) is 0. The lowest BCUT2D eigenvalue weighted by atomic mass is 9.99. The van der Waals surface area contributed by atoms with Gasteiger partial charge in [0.05, 0.1) is 12.2 Å². The van der Waals surface area contributed by atoms with Gasteiger partial charge in [-0.2, -0.15) is 0 Å². The summed E-state index contributed by atoms with van der Waals surface area (Å²) in [6, 6.07) is 0. The smallest absolute Gasteiger partial charge is 0.193 e. The molecule has 5 heteroatoms. The predicted octanol–water partition coefficient (Wildman–Crippen LogP) is 4.21. The molecule has 0 unspecified atom stereocenters. The van der Waals surface area contributed by atoms with E-state index in [4.69, 9.17) is 13.9 Å². The van der Waals surface area contributed by atoms with Crippen LogP contribution < -0.4 is 0 Å². The summed E-state index contributed by atoms with van der Waals surface area (Å²) in [4.78, 5) is 0. The van der Waals surface area contributed by atoms with E-state index in [0.29, 0.717) is 5.92 Å². The van der Waals surface area contributed by atoms with Crippen LogP contribution in [0.15, 0.2) is 0 Å². The average molecular weight is 400 g/mol. The zero-order valence-electron chi connectivity index (χ0n) is 13.3. The molecule has 3 nitrogen and oxygen atoms in total. The molecule has 0 amide bonds. The van der Waals surface area contributed by atoms with Gasteiger partial charge in [0.15, 0.2) is 14.6 Å². The standard InChI is InChI=1S/C14H29IO3Si/c1-10(2)14(3,4)19(6,7)18-11-8-13(16-5)17-12(11)9-15/h10-13H,8-9H2,1-7H3/t11-,12-,13+/m1/s1. The van der Waals surface area contributed by atoms with Crippen LogP contribution in [-0.2, 0) is 13.9 Å². The maximum atomic E-state index is 6.59. The van der Waals surface area contributed by atoms with Crippen molar-refractivity contribution in [2.45, 2.75) is 70.7 Å². The second-order valence-electron chi connectivity index (χ2n) is 6.77. The van der Waals surface area contributed by atoms with E-state index in [-0.39, 0.29) is 23.5 Å². The Hall–Kier alpha value is 0.827. The molecule has 0 aromatic carbocycles. The van der Waals surface area contributed by atoms with Gasteiger partial charge in [0.1, 0.15) is 0 Å². The minimum Gasteiger partial charge on any atom is -0.411 e. The minimum absolute atomic E-state index is 0.100. The fourth-order valence-corrected chi connectivity index (χ4v) is 5.79. The Morgan fingerprint density at radius 1 is 1.37 bits per heavy atom. The fraction of sp³-hybridized carbons (Fsp3) is 1.00. The number of methoxy groups -OCH3 is 1. The van der Waals surface area contributed by atoms with Gasteiger partial charge in [0.25, 0.3) is 0 Å². The van der Waals surface area contributed by atoms with Crippen LogP contribution >= 0.6 is 22.6 Å². The summed E-state index contributed by atoms with van der Waals surface area (Å²) in [5.74, 6) is 0.618. The first-order valence-electron chi connectivity index (χ1n) is 7.07. The quantitative estimate of drug-likeness (QED) is 0.380. The maximum absolute atomic E-state index is 6.59. The highest BCUT2D eigenvalue weighted by Gasteiger charge is 2.47. The molecule has 3 atom stereocenters. The third kappa shape index (κ3) is 3.93. The highest BCUT2D eigenvalue weighted by Crippen LogP contribution is 2.46. The molecule has 1 aliphatic heterocycles. The van der Waals surface area contributed by atoms with Crippen molar-refractivity contribution in [1.29, 1.82) is 0 Å². The Kier molecular flexibility index (Phi) is 6.33. The normalized spacial score (nSPS) is 29.2. The van der Waals surface area contributed by atoms with Gasteiger partial charge < -0.3 is 13.9 Å². The van der Waals surface area contributed by atoms with Gasteiger partial charge in [-0.05, 0) is 24.1 Å². The molecule has 1 aliphatic rings. The van der Waals surface area contributed by atoms with Gasteiger partial charge in [0, 0.05) is 18.0 Å². The molecule has 0 aromatic heterocycles. The van der Waals surface area contributed by atoms with Crippen LogP contribution in [0.5, 0.6) is 0 Å². The van der Waals surface area contributed by atoms with Crippen LogP contribution in [0.25, 0.3) is 0 Å². The summed E-state index contributed by atoms with van der Waals surface area (Å²) in [6.45, 7) is 13.9. The van der Waals surface area contributed by atoms with Crippen LogP contribution in [0.1, 0.15) is 34.1 Å². The van der Waals surface area contributed by atoms with Gasteiger partial charge >= 0.3 is 0 Å². The van der Waals surface area contributed by atoms with Crippen LogP contribution in [-0.4, -0.2) is 38.4 Å². The van der Waals surface area contributed by atoms with Crippen molar-refractivity contribution >= 4 is 30.9 Å². The molecule has 0 radical (unpaired) electrons. The Morgan fingerprint density at radius 2 is 1.95 bits per heavy atom. The molecule has 0 N–H and O–H groups in total. The molecule has 0 aromatic rings. The monoisotopic (exact) mass is 400 g/mol. The summed E-state index contributed by atoms with van der Waals surface area (Å²) in [5, 5.41) is 0.244. The lowest BCUT2D eigenvalue weighted by Gasteiger charge is -2.44. The van der Waals surface area contributed by atoms with Gasteiger partial charge in [-0.1, -0.05) is 50.3 Å². The second kappa shape index (κ2) is 6.73. The maximum Gasteiger partial charge on any atom is 0.193 e. The molecule has 1 rings (SSSR count). The molecule has 0 aliphatic carbocycles. The first kappa shape index (κ1) is 17.9. The predicted molar refractivity (Wildman–Crippen MR) is 90.4 cm³/mol. The Balaban J connectivity index is 2.77. The van der Waals surface area contributed by atoms with Crippen LogP contribution in [0.4, 0.5) is 0 Å². The van der Waals surface area contributed by atoms with E-state index in [1.165, 1.54) is 0 Å². The van der Waals surface area contributed by atoms with E-state index in [9.17, 15) is 0 Å². The molecule has 1 fully saturated rings. The largest absolute Gasteiger partial charge is 0.411 e. The minimum atomic E-state index is -1.80. The summed E-state index contributed by atoms with van der Waals surface area (Å²) in [6.07, 6.45) is 1.10. The van der Waals surface area contributed by atoms with Gasteiger partial charge in [0.2, 0.25) is 0 Å². The van der Waals surface area contributed by atoms with E-state index in [0.717, 1.165) is 10.8 Å². The van der Waals surface area contributed by atoms with Gasteiger partial charge in [-0.25, -0.2) is 0 Å². The third-order valence-corrected chi connectivity index (χ3v) is 10.5. The Labute approximate surface area is 133 Å². The molecule has 114 valence electrons. The topological polar surface area (TPSA) is 27.7 Å². The zero-order chi connectivity index (χ0) is 14.8. The molecule has 0 bridgehead atoms. The van der Waals surface area contributed by atoms with Crippen LogP contribution in [0.2, 0.25) is 18.1 Å². The van der Waals surface area contributed by atoms with Crippen molar-refractivity contribution in [1.82, 2.24) is 0 Å². The lowest BCUT2D eigenvalue weighted by Crippen LogP contribution is -2.49. The summed E-state index contributed by atoms with van der Waals surface area (Å²) in [7, 11) is -0.0921. The number of ether oxygens (including phenoxy) is 2. The van der Waals surface area contributed by atoms with Gasteiger partial charge in [-0.3, -0.25) is 0 Å². The van der Waals surface area contributed by atoms with Crippen molar-refractivity contribution in [2.24, 2.45) is 5.92 Å². The van der Waals surface area contributed by atoms with E-state index in [2.05, 4.69) is 63.4 Å². The van der Waals surface area contributed by atoms with E-state index >= 15 is 0 Å². The Bertz CT molecular complexity index is 294. The second-order valence-corrected chi connectivity index (χ2v) is 12.2. The van der Waals surface area contributed by atoms with E-state index in [1.807, 2.05) is 0 Å². The molecule has 0 saturated carbocycles. The molecule has 1 heterocycles. The third-order valence-electron chi connectivity index (χ3n) is 5.02. The average Bonchev–Trinajstić information content (AvgIpc) is 2.70. The SMILES string of the molecule is CO[C@@H]1C[C@@H](O[Si](C)(C)C(C)(C)C(C)C)[C@@H](CI)O1. The number of hydrogen-bond donors (Lipinski definition) is 0. The highest BCUT2D eigenvalue weighted by atomic mass is 127. The highest BCUT2D eigenvalue weighted by molar-refractivity contribution is 14.1. The Morgan fingerprint density at radius 3 is 2.37 bits per heavy atom. The van der Waals surface area contributed by atoms with Crippen LogP contribution in [0.3, 0.4) is 0 Å². The van der Waals surface area contributed by atoms with Crippen molar-refractivity contribution in [3.05, 3.63) is 0 Å². The number of rotatable bonds is 6. The number of halogens is 1. The van der Waals surface area contributed by atoms with E-state index < -0.39 is 8.32 Å². The zero-order valence-corrected chi connectivity index (χ0v) is 16.5. The van der Waals surface area contributed by atoms with Crippen molar-refractivity contribution in [3.8, 4) is 0 Å². The number of hydrogen-bond acceptors (Lipinski definition) is 3.